The van der Waals surface area contributed by atoms with E-state index in [1.165, 1.54) is 0 Å². The zero-order valence-corrected chi connectivity index (χ0v) is 11.4. The fourth-order valence-electron chi connectivity index (χ4n) is 1.94. The smallest absolute Gasteiger partial charge is 0.0897 e. The molecule has 0 radical (unpaired) electrons. The molecule has 4 nitrogen and oxygen atoms in total. The zero-order chi connectivity index (χ0) is 12.7. The van der Waals surface area contributed by atoms with E-state index < -0.39 is 6.10 Å². The van der Waals surface area contributed by atoms with Gasteiger partial charge in [-0.2, -0.15) is 0 Å². The van der Waals surface area contributed by atoms with E-state index in [0.717, 1.165) is 26.1 Å². The normalized spacial score (nSPS) is 27.4. The molecule has 1 aliphatic rings. The first kappa shape index (κ1) is 14.9. The van der Waals surface area contributed by atoms with E-state index in [2.05, 4.69) is 26.1 Å². The van der Waals surface area contributed by atoms with Crippen molar-refractivity contribution >= 4 is 0 Å². The van der Waals surface area contributed by atoms with Gasteiger partial charge in [0, 0.05) is 25.3 Å². The second-order valence-corrected chi connectivity index (χ2v) is 5.68. The van der Waals surface area contributed by atoms with Crippen molar-refractivity contribution in [1.82, 2.24) is 5.32 Å². The van der Waals surface area contributed by atoms with E-state index in [4.69, 9.17) is 9.47 Å². The molecule has 2 unspecified atom stereocenters. The van der Waals surface area contributed by atoms with Gasteiger partial charge in [0.2, 0.25) is 0 Å². The van der Waals surface area contributed by atoms with Crippen molar-refractivity contribution in [2.75, 3.05) is 33.0 Å². The molecule has 0 amide bonds. The van der Waals surface area contributed by atoms with Crippen LogP contribution in [0.2, 0.25) is 0 Å². The van der Waals surface area contributed by atoms with Gasteiger partial charge in [-0.1, -0.05) is 13.8 Å². The van der Waals surface area contributed by atoms with Crippen LogP contribution in [0.4, 0.5) is 0 Å². The number of β-amino-alcohol motifs (C(OH)–C–C–N with tert-alkyl or cyclic N) is 1. The summed E-state index contributed by atoms with van der Waals surface area (Å²) < 4.78 is 10.9. The first-order valence-electron chi connectivity index (χ1n) is 6.60. The van der Waals surface area contributed by atoms with Crippen molar-refractivity contribution in [1.29, 1.82) is 0 Å². The fourth-order valence-corrected chi connectivity index (χ4v) is 1.94. The van der Waals surface area contributed by atoms with Gasteiger partial charge in [0.1, 0.15) is 0 Å². The van der Waals surface area contributed by atoms with Crippen molar-refractivity contribution in [3.63, 3.8) is 0 Å². The molecule has 1 saturated heterocycles. The van der Waals surface area contributed by atoms with Crippen LogP contribution in [0.25, 0.3) is 0 Å². The summed E-state index contributed by atoms with van der Waals surface area (Å²) in [5.74, 6) is 0.513. The Kier molecular flexibility index (Phi) is 6.41. The highest BCUT2D eigenvalue weighted by molar-refractivity contribution is 4.86. The van der Waals surface area contributed by atoms with E-state index in [-0.39, 0.29) is 5.54 Å². The highest BCUT2D eigenvalue weighted by Crippen LogP contribution is 2.17. The average molecular weight is 245 g/mol. The third-order valence-corrected chi connectivity index (χ3v) is 2.96. The summed E-state index contributed by atoms with van der Waals surface area (Å²) in [4.78, 5) is 0. The van der Waals surface area contributed by atoms with E-state index in [1.807, 2.05) is 0 Å². The Morgan fingerprint density at radius 1 is 1.41 bits per heavy atom. The maximum Gasteiger partial charge on any atom is 0.0897 e. The van der Waals surface area contributed by atoms with E-state index >= 15 is 0 Å². The van der Waals surface area contributed by atoms with Crippen LogP contribution in [0, 0.1) is 5.92 Å². The van der Waals surface area contributed by atoms with Crippen LogP contribution in [0.15, 0.2) is 0 Å². The van der Waals surface area contributed by atoms with Crippen LogP contribution >= 0.6 is 0 Å². The van der Waals surface area contributed by atoms with Crippen LogP contribution in [0.5, 0.6) is 0 Å². The van der Waals surface area contributed by atoms with Crippen LogP contribution in [-0.4, -0.2) is 49.7 Å². The third kappa shape index (κ3) is 6.36. The summed E-state index contributed by atoms with van der Waals surface area (Å²) in [6.07, 6.45) is 1.75. The van der Waals surface area contributed by atoms with Crippen LogP contribution in [-0.2, 0) is 9.47 Å². The molecular weight excluding hydrogens is 218 g/mol. The topological polar surface area (TPSA) is 50.7 Å². The van der Waals surface area contributed by atoms with Gasteiger partial charge in [-0.25, -0.2) is 0 Å². The quantitative estimate of drug-likeness (QED) is 0.707. The molecule has 1 fully saturated rings. The lowest BCUT2D eigenvalue weighted by molar-refractivity contribution is 0.00219. The van der Waals surface area contributed by atoms with E-state index in [1.54, 1.807) is 0 Å². The number of nitrogens with one attached hydrogen (secondary N) is 1. The monoisotopic (exact) mass is 245 g/mol. The zero-order valence-electron chi connectivity index (χ0n) is 11.4. The molecule has 1 rings (SSSR count). The molecule has 0 bridgehead atoms. The Balaban J connectivity index is 2.11. The summed E-state index contributed by atoms with van der Waals surface area (Å²) in [6.45, 7) is 9.62. The molecule has 0 aliphatic carbocycles. The average Bonchev–Trinajstić information content (AvgIpc) is 2.27. The second kappa shape index (κ2) is 7.31. The first-order chi connectivity index (χ1) is 8.02. The van der Waals surface area contributed by atoms with Crippen molar-refractivity contribution in [3.8, 4) is 0 Å². The molecule has 1 aliphatic heterocycles. The van der Waals surface area contributed by atoms with Crippen molar-refractivity contribution < 1.29 is 14.6 Å². The first-order valence-corrected chi connectivity index (χ1v) is 6.60. The number of rotatable bonds is 7. The molecule has 0 spiro atoms. The molecule has 2 N–H and O–H groups in total. The Morgan fingerprint density at radius 3 is 2.76 bits per heavy atom. The number of hydrogen-bond acceptors (Lipinski definition) is 4. The Bertz CT molecular complexity index is 203. The fraction of sp³-hybridized carbons (Fsp3) is 1.00. The lowest BCUT2D eigenvalue weighted by Gasteiger charge is -2.35. The Hall–Kier alpha value is -0.160. The van der Waals surface area contributed by atoms with Gasteiger partial charge in [0.25, 0.3) is 0 Å². The van der Waals surface area contributed by atoms with Gasteiger partial charge < -0.3 is 19.9 Å². The van der Waals surface area contributed by atoms with E-state index in [9.17, 15) is 5.11 Å². The largest absolute Gasteiger partial charge is 0.389 e. The molecule has 102 valence electrons. The van der Waals surface area contributed by atoms with Gasteiger partial charge in [-0.05, 0) is 25.7 Å². The molecule has 4 heteroatoms. The molecule has 1 heterocycles. The van der Waals surface area contributed by atoms with Crippen molar-refractivity contribution in [3.05, 3.63) is 0 Å². The third-order valence-electron chi connectivity index (χ3n) is 2.96. The number of hydrogen-bond donors (Lipinski definition) is 2. The van der Waals surface area contributed by atoms with E-state index in [0.29, 0.717) is 25.7 Å². The highest BCUT2D eigenvalue weighted by atomic mass is 16.5. The number of aliphatic hydroxyl groups excluding tert-OH is 1. The van der Waals surface area contributed by atoms with Gasteiger partial charge in [-0.15, -0.1) is 0 Å². The minimum absolute atomic E-state index is 0.0112. The maximum absolute atomic E-state index is 9.78. The van der Waals surface area contributed by atoms with Gasteiger partial charge in [0.05, 0.1) is 19.3 Å². The van der Waals surface area contributed by atoms with Gasteiger partial charge in [-0.3, -0.25) is 0 Å². The summed E-state index contributed by atoms with van der Waals surface area (Å²) >= 11 is 0. The van der Waals surface area contributed by atoms with Crippen molar-refractivity contribution in [2.24, 2.45) is 5.92 Å². The summed E-state index contributed by atoms with van der Waals surface area (Å²) in [5, 5.41) is 13.2. The standard InChI is InChI=1S/C13H27NO3/c1-11(2)8-17-9-12(15)7-14-13(3)5-4-6-16-10-13/h11-12,14-15H,4-10H2,1-3H3. The Labute approximate surface area is 105 Å². The summed E-state index contributed by atoms with van der Waals surface area (Å²) in [6, 6.07) is 0. The summed E-state index contributed by atoms with van der Waals surface area (Å²) in [5.41, 5.74) is 0.0112. The maximum atomic E-state index is 9.78. The van der Waals surface area contributed by atoms with Crippen LogP contribution in [0.3, 0.4) is 0 Å². The molecule has 0 saturated carbocycles. The SMILES string of the molecule is CC(C)COCC(O)CNC1(C)CCCOC1. The highest BCUT2D eigenvalue weighted by Gasteiger charge is 2.27. The number of aliphatic hydroxyl groups is 1. The molecule has 2 atom stereocenters. The molecule has 0 aromatic rings. The Morgan fingerprint density at radius 2 is 2.18 bits per heavy atom. The van der Waals surface area contributed by atoms with Crippen molar-refractivity contribution in [2.45, 2.75) is 45.3 Å². The lowest BCUT2D eigenvalue weighted by Crippen LogP contribution is -2.51. The van der Waals surface area contributed by atoms with Gasteiger partial charge >= 0.3 is 0 Å². The molecule has 17 heavy (non-hydrogen) atoms. The molecular formula is C13H27NO3. The second-order valence-electron chi connectivity index (χ2n) is 5.68. The van der Waals surface area contributed by atoms with Crippen LogP contribution < -0.4 is 5.32 Å². The number of ether oxygens (including phenoxy) is 2. The predicted octanol–water partition coefficient (Wildman–Crippen LogP) is 1.18. The molecule has 0 aromatic heterocycles. The minimum atomic E-state index is -0.437. The lowest BCUT2D eigenvalue weighted by atomic mass is 9.95. The van der Waals surface area contributed by atoms with Gasteiger partial charge in [0.15, 0.2) is 0 Å². The minimum Gasteiger partial charge on any atom is -0.389 e. The predicted molar refractivity (Wildman–Crippen MR) is 68.1 cm³/mol. The molecule has 0 aromatic carbocycles. The van der Waals surface area contributed by atoms with Crippen LogP contribution in [0.1, 0.15) is 33.6 Å². The summed E-state index contributed by atoms with van der Waals surface area (Å²) in [7, 11) is 0.